The van der Waals surface area contributed by atoms with Crippen LogP contribution in [0.3, 0.4) is 0 Å². The zero-order valence-electron chi connectivity index (χ0n) is 12.7. The van der Waals surface area contributed by atoms with E-state index >= 15 is 0 Å². The summed E-state index contributed by atoms with van der Waals surface area (Å²) in [6.45, 7) is 6.08. The van der Waals surface area contributed by atoms with E-state index in [2.05, 4.69) is 47.7 Å². The Morgan fingerprint density at radius 1 is 1.43 bits per heavy atom. The van der Waals surface area contributed by atoms with Crippen LogP contribution in [0.25, 0.3) is 0 Å². The molecule has 1 aliphatic heterocycles. The van der Waals surface area contributed by atoms with Crippen LogP contribution in [0.5, 0.6) is 5.75 Å². The molecule has 0 fully saturated rings. The van der Waals surface area contributed by atoms with Gasteiger partial charge in [-0.15, -0.1) is 11.3 Å². The van der Waals surface area contributed by atoms with Crippen LogP contribution in [0, 0.1) is 6.92 Å². The van der Waals surface area contributed by atoms with Crippen molar-refractivity contribution in [2.24, 2.45) is 0 Å². The molecule has 0 saturated carbocycles. The van der Waals surface area contributed by atoms with Crippen LogP contribution in [0.15, 0.2) is 23.6 Å². The van der Waals surface area contributed by atoms with Gasteiger partial charge in [0, 0.05) is 36.5 Å². The summed E-state index contributed by atoms with van der Waals surface area (Å²) in [4.78, 5) is 4.52. The minimum Gasteiger partial charge on any atom is -0.493 e. The number of rotatable bonds is 6. The lowest BCUT2D eigenvalue weighted by molar-refractivity contribution is 0.356. The maximum Gasteiger partial charge on any atom is 0.122 e. The molecule has 1 aliphatic rings. The first-order valence-corrected chi connectivity index (χ1v) is 8.54. The van der Waals surface area contributed by atoms with Crippen LogP contribution < -0.4 is 10.1 Å². The molecule has 0 amide bonds. The predicted molar refractivity (Wildman–Crippen MR) is 87.2 cm³/mol. The quantitative estimate of drug-likeness (QED) is 0.884. The molecular formula is C17H22N2OS. The van der Waals surface area contributed by atoms with Crippen molar-refractivity contribution in [3.63, 3.8) is 0 Å². The second-order valence-electron chi connectivity index (χ2n) is 5.51. The Hall–Kier alpha value is -1.39. The summed E-state index contributed by atoms with van der Waals surface area (Å²) >= 11 is 1.75. The smallest absolute Gasteiger partial charge is 0.122 e. The molecule has 0 aliphatic carbocycles. The van der Waals surface area contributed by atoms with Gasteiger partial charge in [0.15, 0.2) is 0 Å². The molecule has 1 aromatic carbocycles. The van der Waals surface area contributed by atoms with Crippen molar-refractivity contribution in [1.29, 1.82) is 0 Å². The Labute approximate surface area is 130 Å². The number of hydrogen-bond acceptors (Lipinski definition) is 4. The molecular weight excluding hydrogens is 280 g/mol. The number of hydrogen-bond donors (Lipinski definition) is 1. The Morgan fingerprint density at radius 3 is 3.10 bits per heavy atom. The van der Waals surface area contributed by atoms with Crippen LogP contribution in [-0.4, -0.2) is 18.1 Å². The summed E-state index contributed by atoms with van der Waals surface area (Å²) in [5.41, 5.74) is 3.85. The summed E-state index contributed by atoms with van der Waals surface area (Å²) < 4.78 is 5.58. The lowest BCUT2D eigenvalue weighted by atomic mass is 10.0. The summed E-state index contributed by atoms with van der Waals surface area (Å²) in [5.74, 6) is 1.06. The number of fused-ring (bicyclic) bond motifs is 1. The van der Waals surface area contributed by atoms with Crippen LogP contribution in [-0.2, 0) is 12.8 Å². The summed E-state index contributed by atoms with van der Waals surface area (Å²) in [7, 11) is 0. The number of nitrogens with zero attached hydrogens (tertiary/aromatic N) is 1. The van der Waals surface area contributed by atoms with Crippen LogP contribution >= 0.6 is 11.3 Å². The molecule has 1 unspecified atom stereocenters. The molecule has 3 rings (SSSR count). The molecule has 4 heteroatoms. The number of thiazole rings is 1. The molecule has 0 bridgehead atoms. The van der Waals surface area contributed by atoms with Crippen molar-refractivity contribution in [2.45, 2.75) is 39.2 Å². The van der Waals surface area contributed by atoms with E-state index < -0.39 is 0 Å². The van der Waals surface area contributed by atoms with E-state index in [1.165, 1.54) is 16.1 Å². The van der Waals surface area contributed by atoms with Gasteiger partial charge in [-0.3, -0.25) is 0 Å². The van der Waals surface area contributed by atoms with E-state index in [1.54, 1.807) is 11.3 Å². The minimum absolute atomic E-state index is 0.414. The summed E-state index contributed by atoms with van der Waals surface area (Å²) in [5, 5.41) is 7.00. The normalized spacial score (nSPS) is 14.8. The average molecular weight is 302 g/mol. The van der Waals surface area contributed by atoms with Crippen molar-refractivity contribution < 1.29 is 4.74 Å². The van der Waals surface area contributed by atoms with Gasteiger partial charge in [0.05, 0.1) is 11.6 Å². The van der Waals surface area contributed by atoms with Gasteiger partial charge in [-0.2, -0.15) is 0 Å². The van der Waals surface area contributed by atoms with Gasteiger partial charge in [-0.1, -0.05) is 19.1 Å². The van der Waals surface area contributed by atoms with E-state index in [0.717, 1.165) is 43.9 Å². The van der Waals surface area contributed by atoms with Crippen LogP contribution in [0.4, 0.5) is 0 Å². The average Bonchev–Trinajstić information content (AvgIpc) is 3.11. The fraction of sp³-hybridized carbons (Fsp3) is 0.471. The molecule has 112 valence electrons. The lowest BCUT2D eigenvalue weighted by Gasteiger charge is -2.18. The maximum atomic E-state index is 5.58. The van der Waals surface area contributed by atoms with Gasteiger partial charge in [0.1, 0.15) is 5.75 Å². The highest BCUT2D eigenvalue weighted by Gasteiger charge is 2.15. The first-order valence-electron chi connectivity index (χ1n) is 7.66. The Morgan fingerprint density at radius 2 is 2.33 bits per heavy atom. The predicted octanol–water partition coefficient (Wildman–Crippen LogP) is 3.67. The highest BCUT2D eigenvalue weighted by Crippen LogP contribution is 2.29. The Bertz CT molecular complexity index is 609. The summed E-state index contributed by atoms with van der Waals surface area (Å²) in [6.07, 6.45) is 3.14. The third-order valence-corrected chi connectivity index (χ3v) is 4.95. The first-order chi connectivity index (χ1) is 10.3. The number of aryl methyl sites for hydroxylation is 1. The second kappa shape index (κ2) is 6.58. The number of benzene rings is 1. The highest BCUT2D eigenvalue weighted by atomic mass is 32.1. The third kappa shape index (κ3) is 3.44. The number of aromatic nitrogens is 1. The lowest BCUT2D eigenvalue weighted by Crippen LogP contribution is -2.23. The molecule has 1 aromatic heterocycles. The van der Waals surface area contributed by atoms with Gasteiger partial charge < -0.3 is 10.1 Å². The zero-order valence-corrected chi connectivity index (χ0v) is 13.5. The van der Waals surface area contributed by atoms with E-state index in [-0.39, 0.29) is 0 Å². The molecule has 1 atom stereocenters. The van der Waals surface area contributed by atoms with E-state index in [9.17, 15) is 0 Å². The monoisotopic (exact) mass is 302 g/mol. The molecule has 2 aromatic rings. The van der Waals surface area contributed by atoms with Gasteiger partial charge in [-0.25, -0.2) is 4.98 Å². The minimum atomic E-state index is 0.414. The largest absolute Gasteiger partial charge is 0.493 e. The number of ether oxygens (including phenoxy) is 1. The maximum absolute atomic E-state index is 5.58. The molecule has 21 heavy (non-hydrogen) atoms. The Kier molecular flexibility index (Phi) is 4.56. The molecule has 3 nitrogen and oxygen atoms in total. The van der Waals surface area contributed by atoms with Gasteiger partial charge in [0.2, 0.25) is 0 Å². The first kappa shape index (κ1) is 14.5. The van der Waals surface area contributed by atoms with Crippen molar-refractivity contribution >= 4 is 11.3 Å². The fourth-order valence-electron chi connectivity index (χ4n) is 2.79. The van der Waals surface area contributed by atoms with E-state index in [1.807, 2.05) is 0 Å². The molecule has 2 heterocycles. The third-order valence-electron chi connectivity index (χ3n) is 3.92. The van der Waals surface area contributed by atoms with Crippen molar-refractivity contribution in [3.8, 4) is 5.75 Å². The molecule has 0 radical (unpaired) electrons. The molecule has 0 spiro atoms. The van der Waals surface area contributed by atoms with Gasteiger partial charge in [0.25, 0.3) is 0 Å². The molecule has 0 saturated heterocycles. The molecule has 1 N–H and O–H groups in total. The standard InChI is InChI=1S/C17H22N2OS/c1-3-15(18-8-6-17-19-12(2)11-21-17)13-4-5-16-14(10-13)7-9-20-16/h4-5,10-11,15,18H,3,6-9H2,1-2H3. The zero-order chi connectivity index (χ0) is 14.7. The van der Waals surface area contributed by atoms with Crippen molar-refractivity contribution in [1.82, 2.24) is 10.3 Å². The Balaban J connectivity index is 1.59. The van der Waals surface area contributed by atoms with E-state index in [4.69, 9.17) is 4.74 Å². The second-order valence-corrected chi connectivity index (χ2v) is 6.46. The van der Waals surface area contributed by atoms with Crippen LogP contribution in [0.1, 0.15) is 41.2 Å². The fourth-order valence-corrected chi connectivity index (χ4v) is 3.57. The van der Waals surface area contributed by atoms with Gasteiger partial charge >= 0.3 is 0 Å². The van der Waals surface area contributed by atoms with Crippen LogP contribution in [0.2, 0.25) is 0 Å². The summed E-state index contributed by atoms with van der Waals surface area (Å²) in [6, 6.07) is 7.03. The number of nitrogens with one attached hydrogen (secondary N) is 1. The SMILES string of the molecule is CCC(NCCc1nc(C)cs1)c1ccc2c(c1)CCO2. The van der Waals surface area contributed by atoms with Crippen molar-refractivity contribution in [3.05, 3.63) is 45.4 Å². The van der Waals surface area contributed by atoms with Crippen molar-refractivity contribution in [2.75, 3.05) is 13.2 Å². The topological polar surface area (TPSA) is 34.2 Å². The highest BCUT2D eigenvalue weighted by molar-refractivity contribution is 7.09. The van der Waals surface area contributed by atoms with Gasteiger partial charge in [-0.05, 0) is 30.5 Å². The van der Waals surface area contributed by atoms with E-state index in [0.29, 0.717) is 6.04 Å².